The zero-order valence-corrected chi connectivity index (χ0v) is 12.2. The second-order valence-electron chi connectivity index (χ2n) is 3.92. The van der Waals surface area contributed by atoms with E-state index in [1.54, 1.807) is 20.8 Å². The molecule has 0 bridgehead atoms. The van der Waals surface area contributed by atoms with Crippen molar-refractivity contribution < 1.29 is 19.4 Å². The van der Waals surface area contributed by atoms with E-state index in [4.69, 9.17) is 9.84 Å². The number of carboxylic acid groups (broad SMARTS) is 1. The second-order valence-corrected chi connectivity index (χ2v) is 5.11. The van der Waals surface area contributed by atoms with Crippen LogP contribution in [0.15, 0.2) is 9.82 Å². The van der Waals surface area contributed by atoms with Gasteiger partial charge in [-0.1, -0.05) is 18.7 Å². The van der Waals surface area contributed by atoms with Gasteiger partial charge in [0, 0.05) is 5.69 Å². The molecule has 8 heteroatoms. The topological polar surface area (TPSA) is 109 Å². The monoisotopic (exact) mass is 300 g/mol. The minimum Gasteiger partial charge on any atom is -0.480 e. The van der Waals surface area contributed by atoms with Crippen molar-refractivity contribution in [2.24, 2.45) is 0 Å². The Hall–Kier alpha value is -1.83. The van der Waals surface area contributed by atoms with Crippen molar-refractivity contribution in [3.63, 3.8) is 0 Å². The molecule has 0 saturated heterocycles. The maximum absolute atomic E-state index is 11.9. The fourth-order valence-corrected chi connectivity index (χ4v) is 2.56. The first-order valence-corrected chi connectivity index (χ1v) is 6.96. The van der Waals surface area contributed by atoms with Crippen LogP contribution in [0, 0.1) is 6.92 Å². The van der Waals surface area contributed by atoms with Crippen LogP contribution in [-0.4, -0.2) is 38.9 Å². The summed E-state index contributed by atoms with van der Waals surface area (Å²) in [5.41, 5.74) is -0.208. The van der Waals surface area contributed by atoms with Gasteiger partial charge in [-0.2, -0.15) is 4.98 Å². The molecule has 0 amide bonds. The fourth-order valence-electron chi connectivity index (χ4n) is 1.53. The van der Waals surface area contributed by atoms with Gasteiger partial charge in [0.05, 0.1) is 6.61 Å². The summed E-state index contributed by atoms with van der Waals surface area (Å²) >= 11 is 0.874. The Balaban J connectivity index is 3.26. The zero-order chi connectivity index (χ0) is 15.3. The van der Waals surface area contributed by atoms with Gasteiger partial charge in [0.25, 0.3) is 0 Å². The molecule has 1 rings (SSSR count). The zero-order valence-electron chi connectivity index (χ0n) is 11.4. The lowest BCUT2D eigenvalue weighted by molar-refractivity contribution is -0.136. The summed E-state index contributed by atoms with van der Waals surface area (Å²) in [6.45, 7) is 5.08. The molecule has 0 aliphatic rings. The van der Waals surface area contributed by atoms with Crippen molar-refractivity contribution in [2.75, 3.05) is 6.61 Å². The van der Waals surface area contributed by atoms with Crippen molar-refractivity contribution in [3.8, 4) is 0 Å². The van der Waals surface area contributed by atoms with Crippen LogP contribution in [0.3, 0.4) is 0 Å². The number of esters is 1. The molecule has 7 nitrogen and oxygen atoms in total. The van der Waals surface area contributed by atoms with Gasteiger partial charge in [-0.15, -0.1) is 0 Å². The molecule has 0 radical (unpaired) electrons. The van der Waals surface area contributed by atoms with Crippen molar-refractivity contribution in [3.05, 3.63) is 21.7 Å². The van der Waals surface area contributed by atoms with Crippen molar-refractivity contribution in [1.29, 1.82) is 0 Å². The van der Waals surface area contributed by atoms with Crippen LogP contribution < -0.4 is 5.69 Å². The van der Waals surface area contributed by atoms with E-state index < -0.39 is 22.9 Å². The molecular weight excluding hydrogens is 284 g/mol. The van der Waals surface area contributed by atoms with Gasteiger partial charge in [-0.25, -0.2) is 9.59 Å². The maximum Gasteiger partial charge on any atom is 0.346 e. The number of hydrogen-bond acceptors (Lipinski definition) is 6. The van der Waals surface area contributed by atoms with Gasteiger partial charge in [0.15, 0.2) is 0 Å². The standard InChI is InChI=1S/C12H16N2O5S/c1-4-7(10(15)16)20-9-8(11(17)19-5-2)6(3)13-12(18)14-9/h7H,4-5H2,1-3H3,(H,15,16)(H,13,14,18)/t7-/m0/s1. The molecule has 0 aliphatic carbocycles. The minimum atomic E-state index is -1.02. The maximum atomic E-state index is 11.9. The number of hydrogen-bond donors (Lipinski definition) is 2. The number of nitrogens with one attached hydrogen (secondary N) is 1. The SMILES string of the molecule is CCOC(=O)c1c(S[C@@H](CC)C(=O)O)nc(=O)[nH]c1C. The number of aromatic amines is 1. The van der Waals surface area contributed by atoms with Crippen molar-refractivity contribution in [2.45, 2.75) is 37.5 Å². The highest BCUT2D eigenvalue weighted by molar-refractivity contribution is 8.00. The lowest BCUT2D eigenvalue weighted by atomic mass is 10.2. The highest BCUT2D eigenvalue weighted by Crippen LogP contribution is 2.27. The number of carbonyl (C=O) groups is 2. The van der Waals surface area contributed by atoms with E-state index in [2.05, 4.69) is 9.97 Å². The number of carbonyl (C=O) groups excluding carboxylic acids is 1. The van der Waals surface area contributed by atoms with Gasteiger partial charge in [-0.3, -0.25) is 4.79 Å². The number of carboxylic acids is 1. The normalized spacial score (nSPS) is 11.9. The van der Waals surface area contributed by atoms with Crippen LogP contribution in [-0.2, 0) is 9.53 Å². The molecule has 0 saturated carbocycles. The number of H-pyrrole nitrogens is 1. The number of ether oxygens (including phenoxy) is 1. The molecule has 0 aliphatic heterocycles. The quantitative estimate of drug-likeness (QED) is 0.461. The van der Waals surface area contributed by atoms with Crippen LogP contribution in [0.5, 0.6) is 0 Å². The van der Waals surface area contributed by atoms with Crippen molar-refractivity contribution >= 4 is 23.7 Å². The first kappa shape index (κ1) is 16.2. The number of nitrogens with zero attached hydrogens (tertiary/aromatic N) is 1. The molecule has 2 N–H and O–H groups in total. The van der Waals surface area contributed by atoms with E-state index in [1.807, 2.05) is 0 Å². The molecule has 1 atom stereocenters. The van der Waals surface area contributed by atoms with Crippen LogP contribution in [0.1, 0.15) is 36.3 Å². The Bertz CT molecular complexity index is 569. The van der Waals surface area contributed by atoms with E-state index >= 15 is 0 Å². The number of rotatable bonds is 6. The Morgan fingerprint density at radius 2 is 2.10 bits per heavy atom. The van der Waals surface area contributed by atoms with Crippen LogP contribution in [0.4, 0.5) is 0 Å². The highest BCUT2D eigenvalue weighted by atomic mass is 32.2. The van der Waals surface area contributed by atoms with E-state index in [-0.39, 0.29) is 17.2 Å². The van der Waals surface area contributed by atoms with Gasteiger partial charge >= 0.3 is 17.6 Å². The van der Waals surface area contributed by atoms with Gasteiger partial charge in [0.1, 0.15) is 15.8 Å². The minimum absolute atomic E-state index is 0.0824. The molecule has 0 aromatic carbocycles. The van der Waals surface area contributed by atoms with Crippen LogP contribution in [0.2, 0.25) is 0 Å². The predicted octanol–water partition coefficient (Wildman–Crippen LogP) is 1.21. The highest BCUT2D eigenvalue weighted by Gasteiger charge is 2.24. The number of thioether (sulfide) groups is 1. The summed E-state index contributed by atoms with van der Waals surface area (Å²) in [7, 11) is 0. The summed E-state index contributed by atoms with van der Waals surface area (Å²) in [5, 5.41) is 8.36. The summed E-state index contributed by atoms with van der Waals surface area (Å²) in [6, 6.07) is 0. The molecule has 0 unspecified atom stereocenters. The molecular formula is C12H16N2O5S. The Kier molecular flexibility index (Phi) is 5.75. The smallest absolute Gasteiger partial charge is 0.346 e. The molecule has 1 aromatic heterocycles. The van der Waals surface area contributed by atoms with Gasteiger partial charge in [-0.05, 0) is 20.3 Å². The first-order chi connectivity index (χ1) is 9.40. The summed E-state index contributed by atoms with van der Waals surface area (Å²) in [4.78, 5) is 40.5. The molecule has 110 valence electrons. The Morgan fingerprint density at radius 1 is 1.45 bits per heavy atom. The second kappa shape index (κ2) is 7.09. The van der Waals surface area contributed by atoms with E-state index in [0.29, 0.717) is 12.1 Å². The molecule has 0 spiro atoms. The average Bonchev–Trinajstić information content (AvgIpc) is 2.34. The predicted molar refractivity (Wildman–Crippen MR) is 73.1 cm³/mol. The number of aromatic nitrogens is 2. The third-order valence-electron chi connectivity index (χ3n) is 2.47. The van der Waals surface area contributed by atoms with Crippen LogP contribution in [0.25, 0.3) is 0 Å². The summed E-state index contributed by atoms with van der Waals surface area (Å²) in [6.07, 6.45) is 0.343. The van der Waals surface area contributed by atoms with E-state index in [1.165, 1.54) is 0 Å². The molecule has 20 heavy (non-hydrogen) atoms. The Morgan fingerprint density at radius 3 is 2.60 bits per heavy atom. The lowest BCUT2D eigenvalue weighted by Gasteiger charge is -2.13. The first-order valence-electron chi connectivity index (χ1n) is 6.08. The third kappa shape index (κ3) is 3.83. The molecule has 0 fully saturated rings. The van der Waals surface area contributed by atoms with E-state index in [9.17, 15) is 14.4 Å². The van der Waals surface area contributed by atoms with E-state index in [0.717, 1.165) is 11.8 Å². The van der Waals surface area contributed by atoms with Gasteiger partial charge < -0.3 is 14.8 Å². The van der Waals surface area contributed by atoms with Gasteiger partial charge in [0.2, 0.25) is 0 Å². The van der Waals surface area contributed by atoms with Crippen LogP contribution >= 0.6 is 11.8 Å². The lowest BCUT2D eigenvalue weighted by Crippen LogP contribution is -2.22. The fraction of sp³-hybridized carbons (Fsp3) is 0.500. The number of aryl methyl sites for hydroxylation is 1. The van der Waals surface area contributed by atoms with Crippen molar-refractivity contribution in [1.82, 2.24) is 9.97 Å². The summed E-state index contributed by atoms with van der Waals surface area (Å²) in [5.74, 6) is -1.65. The Labute approximate surface area is 119 Å². The molecule has 1 heterocycles. The summed E-state index contributed by atoms with van der Waals surface area (Å²) < 4.78 is 4.90. The average molecular weight is 300 g/mol. The largest absolute Gasteiger partial charge is 0.480 e. The molecule has 1 aromatic rings. The third-order valence-corrected chi connectivity index (χ3v) is 3.80. The number of aliphatic carboxylic acids is 1.